The maximum Gasteiger partial charge on any atom is 0.418 e. The van der Waals surface area contributed by atoms with Crippen LogP contribution in [0, 0.1) is 0 Å². The van der Waals surface area contributed by atoms with Gasteiger partial charge in [-0.15, -0.1) is 0 Å². The quantitative estimate of drug-likeness (QED) is 0.812. The number of halogens is 4. The molecule has 0 aromatic heterocycles. The minimum atomic E-state index is -4.54. The average molecular weight is 388 g/mol. The molecule has 122 valence electrons. The first kappa shape index (κ1) is 17.3. The third-order valence-corrected chi connectivity index (χ3v) is 3.46. The Labute approximate surface area is 139 Å². The van der Waals surface area contributed by atoms with E-state index in [1.54, 1.807) is 24.3 Å². The highest BCUT2D eigenvalue weighted by Crippen LogP contribution is 2.34. The summed E-state index contributed by atoms with van der Waals surface area (Å²) in [6.07, 6.45) is -5.50. The predicted octanol–water partition coefficient (Wildman–Crippen LogP) is 4.87. The Hall–Kier alpha value is -2.02. The number of hydrogen-bond acceptors (Lipinski definition) is 2. The van der Waals surface area contributed by atoms with Gasteiger partial charge in [-0.2, -0.15) is 13.2 Å². The molecule has 0 saturated heterocycles. The van der Waals surface area contributed by atoms with E-state index >= 15 is 0 Å². The van der Waals surface area contributed by atoms with E-state index in [1.807, 2.05) is 0 Å². The molecule has 1 amide bonds. The minimum absolute atomic E-state index is 0.297. The lowest BCUT2D eigenvalue weighted by atomic mass is 10.1. The van der Waals surface area contributed by atoms with E-state index in [0.717, 1.165) is 10.5 Å². The van der Waals surface area contributed by atoms with Gasteiger partial charge in [0.2, 0.25) is 0 Å². The van der Waals surface area contributed by atoms with Crippen LogP contribution in [0.2, 0.25) is 0 Å². The van der Waals surface area contributed by atoms with Crippen molar-refractivity contribution in [3.8, 4) is 5.75 Å². The maximum absolute atomic E-state index is 12.9. The van der Waals surface area contributed by atoms with E-state index in [9.17, 15) is 18.0 Å². The molecule has 7 heteroatoms. The number of carbonyl (C=O) groups is 1. The van der Waals surface area contributed by atoms with Crippen molar-refractivity contribution < 1.29 is 22.7 Å². The van der Waals surface area contributed by atoms with Crippen LogP contribution in [-0.2, 0) is 11.0 Å². The molecule has 0 spiro atoms. The largest absolute Gasteiger partial charge is 0.481 e. The van der Waals surface area contributed by atoms with Gasteiger partial charge in [-0.1, -0.05) is 34.1 Å². The molecule has 2 rings (SSSR count). The van der Waals surface area contributed by atoms with Gasteiger partial charge in [0.1, 0.15) is 5.75 Å². The molecule has 23 heavy (non-hydrogen) atoms. The number of amides is 1. The zero-order chi connectivity index (χ0) is 17.0. The summed E-state index contributed by atoms with van der Waals surface area (Å²) in [7, 11) is 0. The van der Waals surface area contributed by atoms with E-state index in [1.165, 1.54) is 25.1 Å². The van der Waals surface area contributed by atoms with Gasteiger partial charge in [-0.25, -0.2) is 0 Å². The highest BCUT2D eigenvalue weighted by atomic mass is 79.9. The molecule has 0 saturated carbocycles. The molecule has 1 atom stereocenters. The molecule has 0 bridgehead atoms. The van der Waals surface area contributed by atoms with Crippen LogP contribution in [-0.4, -0.2) is 12.0 Å². The summed E-state index contributed by atoms with van der Waals surface area (Å²) in [5.41, 5.74) is -1.20. The lowest BCUT2D eigenvalue weighted by Gasteiger charge is -2.17. The van der Waals surface area contributed by atoms with Gasteiger partial charge < -0.3 is 10.1 Å². The van der Waals surface area contributed by atoms with Crippen molar-refractivity contribution in [2.45, 2.75) is 19.2 Å². The van der Waals surface area contributed by atoms with Crippen molar-refractivity contribution >= 4 is 27.5 Å². The van der Waals surface area contributed by atoms with Gasteiger partial charge in [0.25, 0.3) is 5.91 Å². The zero-order valence-electron chi connectivity index (χ0n) is 12.0. The Bertz CT molecular complexity index is 704. The molecule has 0 radical (unpaired) electrons. The van der Waals surface area contributed by atoms with Crippen molar-refractivity contribution in [3.05, 3.63) is 58.6 Å². The smallest absolute Gasteiger partial charge is 0.418 e. The third-order valence-electron chi connectivity index (χ3n) is 2.97. The average Bonchev–Trinajstić information content (AvgIpc) is 2.46. The fourth-order valence-electron chi connectivity index (χ4n) is 1.87. The van der Waals surface area contributed by atoms with Crippen LogP contribution < -0.4 is 10.1 Å². The Balaban J connectivity index is 2.10. The molecule has 0 aliphatic heterocycles. The lowest BCUT2D eigenvalue weighted by molar-refractivity contribution is -0.137. The number of alkyl halides is 3. The Morgan fingerprint density at radius 3 is 2.52 bits per heavy atom. The minimum Gasteiger partial charge on any atom is -0.481 e. The highest BCUT2D eigenvalue weighted by Gasteiger charge is 2.34. The topological polar surface area (TPSA) is 38.3 Å². The van der Waals surface area contributed by atoms with Gasteiger partial charge in [0, 0.05) is 4.47 Å². The normalized spacial score (nSPS) is 12.6. The number of nitrogens with one attached hydrogen (secondary N) is 1. The molecule has 0 heterocycles. The van der Waals surface area contributed by atoms with Crippen molar-refractivity contribution in [1.29, 1.82) is 0 Å². The fourth-order valence-corrected chi connectivity index (χ4v) is 2.25. The molecule has 1 N–H and O–H groups in total. The molecule has 0 aliphatic carbocycles. The summed E-state index contributed by atoms with van der Waals surface area (Å²) >= 11 is 3.27. The first-order valence-electron chi connectivity index (χ1n) is 6.66. The zero-order valence-corrected chi connectivity index (χ0v) is 13.6. The number of ether oxygens (including phenoxy) is 1. The number of benzene rings is 2. The van der Waals surface area contributed by atoms with Gasteiger partial charge in [-0.05, 0) is 37.3 Å². The highest BCUT2D eigenvalue weighted by molar-refractivity contribution is 9.10. The number of anilines is 1. The fraction of sp³-hybridized carbons (Fsp3) is 0.188. The standard InChI is InChI=1S/C16H13BrF3NO2/c1-10(23-12-6-4-5-11(17)9-12)15(22)21-14-8-3-2-7-13(14)16(18,19)20/h2-10H,1H3,(H,21,22). The monoisotopic (exact) mass is 387 g/mol. The number of hydrogen-bond donors (Lipinski definition) is 1. The summed E-state index contributed by atoms with van der Waals surface area (Å²) in [4.78, 5) is 12.1. The van der Waals surface area contributed by atoms with E-state index in [-0.39, 0.29) is 5.69 Å². The van der Waals surface area contributed by atoms with Crippen molar-refractivity contribution in [1.82, 2.24) is 0 Å². The van der Waals surface area contributed by atoms with Gasteiger partial charge >= 0.3 is 6.18 Å². The SMILES string of the molecule is CC(Oc1cccc(Br)c1)C(=O)Nc1ccccc1C(F)(F)F. The number of rotatable bonds is 4. The van der Waals surface area contributed by atoms with Gasteiger partial charge in [0.05, 0.1) is 11.3 Å². The summed E-state index contributed by atoms with van der Waals surface area (Å²) in [6.45, 7) is 1.46. The second-order valence-electron chi connectivity index (χ2n) is 4.75. The molecular weight excluding hydrogens is 375 g/mol. The van der Waals surface area contributed by atoms with Gasteiger partial charge in [-0.3, -0.25) is 4.79 Å². The van der Waals surface area contributed by atoms with Crippen LogP contribution in [0.5, 0.6) is 5.75 Å². The van der Waals surface area contributed by atoms with E-state index in [4.69, 9.17) is 4.74 Å². The van der Waals surface area contributed by atoms with E-state index in [0.29, 0.717) is 5.75 Å². The Kier molecular flexibility index (Phi) is 5.30. The van der Waals surface area contributed by atoms with E-state index < -0.39 is 23.8 Å². The van der Waals surface area contributed by atoms with Gasteiger partial charge in [0.15, 0.2) is 6.10 Å². The van der Waals surface area contributed by atoms with Crippen molar-refractivity contribution in [2.24, 2.45) is 0 Å². The molecule has 1 unspecified atom stereocenters. The Morgan fingerprint density at radius 1 is 1.17 bits per heavy atom. The molecular formula is C16H13BrF3NO2. The van der Waals surface area contributed by atoms with Crippen LogP contribution in [0.1, 0.15) is 12.5 Å². The molecule has 3 nitrogen and oxygen atoms in total. The summed E-state index contributed by atoms with van der Waals surface area (Å²) in [5, 5.41) is 2.26. The van der Waals surface area contributed by atoms with Crippen LogP contribution in [0.25, 0.3) is 0 Å². The number of carbonyl (C=O) groups excluding carboxylic acids is 1. The van der Waals surface area contributed by atoms with Crippen molar-refractivity contribution in [3.63, 3.8) is 0 Å². The molecule has 0 aliphatic rings. The lowest BCUT2D eigenvalue weighted by Crippen LogP contribution is -2.31. The summed E-state index contributed by atoms with van der Waals surface area (Å²) in [5.74, 6) is -0.229. The van der Waals surface area contributed by atoms with Crippen LogP contribution >= 0.6 is 15.9 Å². The first-order valence-corrected chi connectivity index (χ1v) is 7.46. The molecule has 2 aromatic carbocycles. The molecule has 2 aromatic rings. The van der Waals surface area contributed by atoms with E-state index in [2.05, 4.69) is 21.2 Å². The number of para-hydroxylation sites is 1. The van der Waals surface area contributed by atoms with Crippen LogP contribution in [0.15, 0.2) is 53.0 Å². The summed E-state index contributed by atoms with van der Waals surface area (Å²) < 4.78 is 44.9. The Morgan fingerprint density at radius 2 is 1.87 bits per heavy atom. The third kappa shape index (κ3) is 4.72. The summed E-state index contributed by atoms with van der Waals surface area (Å²) in [6, 6.07) is 11.6. The first-order chi connectivity index (χ1) is 10.8. The maximum atomic E-state index is 12.9. The second kappa shape index (κ2) is 7.04. The molecule has 0 fully saturated rings. The van der Waals surface area contributed by atoms with Crippen LogP contribution in [0.4, 0.5) is 18.9 Å². The van der Waals surface area contributed by atoms with Crippen LogP contribution in [0.3, 0.4) is 0 Å². The van der Waals surface area contributed by atoms with Crippen molar-refractivity contribution in [2.75, 3.05) is 5.32 Å². The predicted molar refractivity (Wildman–Crippen MR) is 84.3 cm³/mol. The second-order valence-corrected chi connectivity index (χ2v) is 5.67.